The predicted octanol–water partition coefficient (Wildman–Crippen LogP) is 5.30. The van der Waals surface area contributed by atoms with Crippen molar-refractivity contribution in [2.75, 3.05) is 11.9 Å². The topological polar surface area (TPSA) is 37.3 Å². The van der Waals surface area contributed by atoms with Gasteiger partial charge in [0.25, 0.3) is 0 Å². The van der Waals surface area contributed by atoms with Gasteiger partial charge in [0.1, 0.15) is 0 Å². The molecule has 1 aromatic heterocycles. The molecule has 0 fully saturated rings. The standard InChI is InChI=1S/C24H27N3O/c1-4-19-8-5-6-9-21(19)25-24(28)27-15-14-26-13-7-10-22(26)23(27)20-12-11-17(2)16-18(20)3/h5-13,16,23H,4,14-15H2,1-3H3,(H,25,28)/t23-/m1/s1. The number of para-hydroxylation sites is 1. The minimum Gasteiger partial charge on any atom is -0.348 e. The Kier molecular flexibility index (Phi) is 4.95. The highest BCUT2D eigenvalue weighted by Crippen LogP contribution is 2.35. The number of aromatic nitrogens is 1. The molecule has 4 nitrogen and oxygen atoms in total. The molecular formula is C24H27N3O. The molecule has 0 spiro atoms. The summed E-state index contributed by atoms with van der Waals surface area (Å²) in [5.74, 6) is 0. The van der Waals surface area contributed by atoms with Crippen molar-refractivity contribution in [3.05, 3.63) is 88.7 Å². The quantitative estimate of drug-likeness (QED) is 0.664. The Morgan fingerprint density at radius 1 is 1.07 bits per heavy atom. The Bertz CT molecular complexity index is 1000. The summed E-state index contributed by atoms with van der Waals surface area (Å²) in [6.45, 7) is 7.84. The number of benzene rings is 2. The predicted molar refractivity (Wildman–Crippen MR) is 114 cm³/mol. The lowest BCUT2D eigenvalue weighted by molar-refractivity contribution is 0.181. The number of rotatable bonds is 3. The Morgan fingerprint density at radius 2 is 1.89 bits per heavy atom. The van der Waals surface area contributed by atoms with Crippen LogP contribution < -0.4 is 5.32 Å². The summed E-state index contributed by atoms with van der Waals surface area (Å²) in [4.78, 5) is 15.3. The van der Waals surface area contributed by atoms with Crippen LogP contribution in [0, 0.1) is 13.8 Å². The maximum Gasteiger partial charge on any atom is 0.322 e. The van der Waals surface area contributed by atoms with Crippen LogP contribution in [-0.2, 0) is 13.0 Å². The van der Waals surface area contributed by atoms with E-state index in [2.05, 4.69) is 73.3 Å². The molecule has 0 saturated carbocycles. The first-order valence-corrected chi connectivity index (χ1v) is 9.96. The van der Waals surface area contributed by atoms with E-state index in [0.29, 0.717) is 6.54 Å². The minimum absolute atomic E-state index is 0.0432. The van der Waals surface area contributed by atoms with Gasteiger partial charge in [0, 0.05) is 30.7 Å². The monoisotopic (exact) mass is 373 g/mol. The molecular weight excluding hydrogens is 346 g/mol. The zero-order valence-electron chi connectivity index (χ0n) is 16.8. The van der Waals surface area contributed by atoms with Crippen LogP contribution >= 0.6 is 0 Å². The van der Waals surface area contributed by atoms with Gasteiger partial charge in [-0.3, -0.25) is 0 Å². The number of nitrogens with one attached hydrogen (secondary N) is 1. The maximum atomic E-state index is 13.3. The number of amides is 2. The average molecular weight is 374 g/mol. The van der Waals surface area contributed by atoms with E-state index in [4.69, 9.17) is 0 Å². The van der Waals surface area contributed by atoms with Gasteiger partial charge in [-0.2, -0.15) is 0 Å². The number of hydrogen-bond acceptors (Lipinski definition) is 1. The van der Waals surface area contributed by atoms with Crippen LogP contribution in [0.4, 0.5) is 10.5 Å². The van der Waals surface area contributed by atoms with Gasteiger partial charge in [0.15, 0.2) is 0 Å². The highest BCUT2D eigenvalue weighted by atomic mass is 16.2. The molecule has 28 heavy (non-hydrogen) atoms. The van der Waals surface area contributed by atoms with Gasteiger partial charge in [-0.1, -0.05) is 48.9 Å². The number of aryl methyl sites for hydroxylation is 3. The molecule has 1 atom stereocenters. The molecule has 2 amide bonds. The number of urea groups is 1. The summed E-state index contributed by atoms with van der Waals surface area (Å²) in [5.41, 5.74) is 6.85. The van der Waals surface area contributed by atoms with Crippen molar-refractivity contribution in [1.29, 1.82) is 0 Å². The number of fused-ring (bicyclic) bond motifs is 1. The normalized spacial score (nSPS) is 16.0. The fourth-order valence-electron chi connectivity index (χ4n) is 4.20. The summed E-state index contributed by atoms with van der Waals surface area (Å²) in [6.07, 6.45) is 2.99. The van der Waals surface area contributed by atoms with Crippen LogP contribution in [-0.4, -0.2) is 22.0 Å². The highest BCUT2D eigenvalue weighted by molar-refractivity contribution is 5.90. The summed E-state index contributed by atoms with van der Waals surface area (Å²) in [5, 5.41) is 3.16. The molecule has 3 aromatic rings. The van der Waals surface area contributed by atoms with Crippen LogP contribution in [0.15, 0.2) is 60.8 Å². The number of carbonyl (C=O) groups is 1. The van der Waals surface area contributed by atoms with Gasteiger partial charge in [-0.25, -0.2) is 4.79 Å². The van der Waals surface area contributed by atoms with Gasteiger partial charge < -0.3 is 14.8 Å². The second-order valence-corrected chi connectivity index (χ2v) is 7.52. The van der Waals surface area contributed by atoms with Crippen LogP contribution in [0.2, 0.25) is 0 Å². The summed E-state index contributed by atoms with van der Waals surface area (Å²) < 4.78 is 2.26. The van der Waals surface area contributed by atoms with Crippen LogP contribution in [0.1, 0.15) is 40.9 Å². The van der Waals surface area contributed by atoms with Gasteiger partial charge >= 0.3 is 6.03 Å². The second-order valence-electron chi connectivity index (χ2n) is 7.52. The Balaban J connectivity index is 1.71. The molecule has 144 valence electrons. The highest BCUT2D eigenvalue weighted by Gasteiger charge is 2.33. The average Bonchev–Trinajstić information content (AvgIpc) is 3.17. The van der Waals surface area contributed by atoms with Crippen molar-refractivity contribution >= 4 is 11.7 Å². The van der Waals surface area contributed by atoms with Gasteiger partial charge in [-0.05, 0) is 55.2 Å². The van der Waals surface area contributed by atoms with Crippen molar-refractivity contribution < 1.29 is 4.79 Å². The van der Waals surface area contributed by atoms with Crippen molar-refractivity contribution in [3.63, 3.8) is 0 Å². The summed E-state index contributed by atoms with van der Waals surface area (Å²) in [7, 11) is 0. The van der Waals surface area contributed by atoms with Gasteiger partial charge in [0.05, 0.1) is 6.04 Å². The summed E-state index contributed by atoms with van der Waals surface area (Å²) >= 11 is 0. The largest absolute Gasteiger partial charge is 0.348 e. The lowest BCUT2D eigenvalue weighted by Crippen LogP contribution is -2.44. The molecule has 4 rings (SSSR count). The van der Waals surface area contributed by atoms with E-state index >= 15 is 0 Å². The smallest absolute Gasteiger partial charge is 0.322 e. The van der Waals surface area contributed by atoms with Crippen molar-refractivity contribution in [2.24, 2.45) is 0 Å². The second kappa shape index (κ2) is 7.55. The molecule has 0 unspecified atom stereocenters. The van der Waals surface area contributed by atoms with E-state index in [1.807, 2.05) is 23.1 Å². The minimum atomic E-state index is -0.0851. The van der Waals surface area contributed by atoms with E-state index in [-0.39, 0.29) is 12.1 Å². The fourth-order valence-corrected chi connectivity index (χ4v) is 4.20. The number of nitrogens with zero attached hydrogens (tertiary/aromatic N) is 2. The number of anilines is 1. The van der Waals surface area contributed by atoms with Crippen LogP contribution in [0.25, 0.3) is 0 Å². The van der Waals surface area contributed by atoms with Gasteiger partial charge in [0.2, 0.25) is 0 Å². The number of hydrogen-bond donors (Lipinski definition) is 1. The molecule has 4 heteroatoms. The first-order chi connectivity index (χ1) is 13.6. The molecule has 0 aliphatic carbocycles. The van der Waals surface area contributed by atoms with E-state index in [9.17, 15) is 4.79 Å². The number of carbonyl (C=O) groups excluding carboxylic acids is 1. The van der Waals surface area contributed by atoms with E-state index in [1.165, 1.54) is 16.7 Å². The third kappa shape index (κ3) is 3.31. The first-order valence-electron chi connectivity index (χ1n) is 9.96. The molecule has 1 N–H and O–H groups in total. The molecule has 2 aromatic carbocycles. The molecule has 0 radical (unpaired) electrons. The van der Waals surface area contributed by atoms with Crippen molar-refractivity contribution in [2.45, 2.75) is 39.8 Å². The van der Waals surface area contributed by atoms with Gasteiger partial charge in [-0.15, -0.1) is 0 Å². The molecule has 1 aliphatic heterocycles. The fraction of sp³-hybridized carbons (Fsp3) is 0.292. The Hall–Kier alpha value is -3.01. The molecule has 2 heterocycles. The van der Waals surface area contributed by atoms with Crippen LogP contribution in [0.5, 0.6) is 0 Å². The third-order valence-corrected chi connectivity index (χ3v) is 5.66. The zero-order valence-corrected chi connectivity index (χ0v) is 16.8. The van der Waals surface area contributed by atoms with E-state index in [0.717, 1.165) is 29.9 Å². The third-order valence-electron chi connectivity index (χ3n) is 5.66. The zero-order chi connectivity index (χ0) is 19.7. The Morgan fingerprint density at radius 3 is 2.68 bits per heavy atom. The molecule has 0 saturated heterocycles. The lowest BCUT2D eigenvalue weighted by atomic mass is 9.94. The summed E-state index contributed by atoms with van der Waals surface area (Å²) in [6, 6.07) is 18.6. The lowest BCUT2D eigenvalue weighted by Gasteiger charge is -2.38. The van der Waals surface area contributed by atoms with Crippen molar-refractivity contribution in [3.8, 4) is 0 Å². The molecule has 0 bridgehead atoms. The maximum absolute atomic E-state index is 13.3. The molecule has 1 aliphatic rings. The van der Waals surface area contributed by atoms with Crippen LogP contribution in [0.3, 0.4) is 0 Å². The van der Waals surface area contributed by atoms with E-state index in [1.54, 1.807) is 0 Å². The first kappa shape index (κ1) is 18.4. The van der Waals surface area contributed by atoms with E-state index < -0.39 is 0 Å². The SMILES string of the molecule is CCc1ccccc1NC(=O)N1CCn2cccc2[C@H]1c1ccc(C)cc1C. The Labute approximate surface area is 166 Å². The van der Waals surface area contributed by atoms with Crippen molar-refractivity contribution in [1.82, 2.24) is 9.47 Å².